The second-order valence-corrected chi connectivity index (χ2v) is 6.74. The third-order valence-electron chi connectivity index (χ3n) is 4.69. The van der Waals surface area contributed by atoms with Crippen molar-refractivity contribution in [1.82, 2.24) is 10.2 Å². The second kappa shape index (κ2) is 8.77. The number of fused-ring (bicyclic) bond motifs is 1. The summed E-state index contributed by atoms with van der Waals surface area (Å²) in [6.45, 7) is 0.815. The maximum atomic E-state index is 12.3. The fourth-order valence-electron chi connectivity index (χ4n) is 3.08. The van der Waals surface area contributed by atoms with E-state index in [1.807, 2.05) is 56.6 Å². The lowest BCUT2D eigenvalue weighted by molar-refractivity contribution is -0.121. The highest BCUT2D eigenvalue weighted by molar-refractivity contribution is 5.76. The number of carbonyl (C=O) groups is 1. The van der Waals surface area contributed by atoms with Gasteiger partial charge in [-0.05, 0) is 55.9 Å². The molecule has 0 aromatic heterocycles. The maximum Gasteiger partial charge on any atom is 0.231 e. The first-order valence-corrected chi connectivity index (χ1v) is 9.02. The summed E-state index contributed by atoms with van der Waals surface area (Å²) in [7, 11) is 5.67. The van der Waals surface area contributed by atoms with Crippen molar-refractivity contribution in [2.24, 2.45) is 0 Å². The smallest absolute Gasteiger partial charge is 0.231 e. The Kier molecular flexibility index (Phi) is 6.19. The average Bonchev–Trinajstić information content (AvgIpc) is 3.14. The molecule has 0 aliphatic carbocycles. The zero-order valence-corrected chi connectivity index (χ0v) is 16.0. The summed E-state index contributed by atoms with van der Waals surface area (Å²) < 4.78 is 15.9. The molecule has 0 fully saturated rings. The number of rotatable bonds is 8. The number of hydrogen-bond acceptors (Lipinski definition) is 5. The first-order chi connectivity index (χ1) is 13.1. The van der Waals surface area contributed by atoms with Crippen molar-refractivity contribution in [2.45, 2.75) is 18.9 Å². The van der Waals surface area contributed by atoms with Gasteiger partial charge in [-0.15, -0.1) is 0 Å². The third-order valence-corrected chi connectivity index (χ3v) is 4.69. The van der Waals surface area contributed by atoms with E-state index in [-0.39, 0.29) is 18.7 Å². The number of methoxy groups -OCH3 is 1. The zero-order chi connectivity index (χ0) is 19.2. The van der Waals surface area contributed by atoms with Gasteiger partial charge in [-0.2, -0.15) is 0 Å². The number of hydrogen-bond donors (Lipinski definition) is 1. The molecule has 0 saturated heterocycles. The van der Waals surface area contributed by atoms with Crippen LogP contribution in [0, 0.1) is 0 Å². The van der Waals surface area contributed by atoms with E-state index >= 15 is 0 Å². The molecule has 2 aromatic carbocycles. The van der Waals surface area contributed by atoms with Crippen LogP contribution in [0.4, 0.5) is 0 Å². The number of carbonyl (C=O) groups excluding carboxylic acids is 1. The number of nitrogens with zero attached hydrogens (tertiary/aromatic N) is 1. The summed E-state index contributed by atoms with van der Waals surface area (Å²) in [5, 5.41) is 3.05. The Hall–Kier alpha value is -2.73. The summed E-state index contributed by atoms with van der Waals surface area (Å²) in [4.78, 5) is 14.4. The first kappa shape index (κ1) is 19.0. The van der Waals surface area contributed by atoms with Gasteiger partial charge in [-0.25, -0.2) is 0 Å². The Bertz CT molecular complexity index is 774. The van der Waals surface area contributed by atoms with Gasteiger partial charge in [0.05, 0.1) is 13.2 Å². The number of benzene rings is 2. The van der Waals surface area contributed by atoms with Crippen molar-refractivity contribution >= 4 is 5.91 Å². The first-order valence-electron chi connectivity index (χ1n) is 9.02. The maximum absolute atomic E-state index is 12.3. The van der Waals surface area contributed by atoms with E-state index in [1.165, 1.54) is 0 Å². The molecule has 1 aliphatic heterocycles. The van der Waals surface area contributed by atoms with E-state index < -0.39 is 0 Å². The molecule has 1 amide bonds. The van der Waals surface area contributed by atoms with Gasteiger partial charge >= 0.3 is 0 Å². The topological polar surface area (TPSA) is 60.0 Å². The zero-order valence-electron chi connectivity index (χ0n) is 16.0. The molecule has 1 atom stereocenters. The highest BCUT2D eigenvalue weighted by Gasteiger charge is 2.16. The van der Waals surface area contributed by atoms with Gasteiger partial charge in [0.1, 0.15) is 5.75 Å². The average molecular weight is 370 g/mol. The normalized spacial score (nSPS) is 13.5. The highest BCUT2D eigenvalue weighted by atomic mass is 16.7. The van der Waals surface area contributed by atoms with Crippen LogP contribution in [0.1, 0.15) is 23.6 Å². The van der Waals surface area contributed by atoms with E-state index in [9.17, 15) is 4.79 Å². The summed E-state index contributed by atoms with van der Waals surface area (Å²) in [6.07, 6.45) is 1.10. The summed E-state index contributed by atoms with van der Waals surface area (Å²) in [5.74, 6) is 2.37. The van der Waals surface area contributed by atoms with Crippen molar-refractivity contribution in [3.05, 3.63) is 53.6 Å². The molecule has 1 heterocycles. The fourth-order valence-corrected chi connectivity index (χ4v) is 3.08. The Morgan fingerprint density at radius 2 is 1.89 bits per heavy atom. The van der Waals surface area contributed by atoms with Crippen molar-refractivity contribution < 1.29 is 19.0 Å². The van der Waals surface area contributed by atoms with Gasteiger partial charge in [-0.1, -0.05) is 18.2 Å². The van der Waals surface area contributed by atoms with Crippen molar-refractivity contribution in [3.63, 3.8) is 0 Å². The molecule has 0 unspecified atom stereocenters. The Balaban J connectivity index is 1.51. The lowest BCUT2D eigenvalue weighted by atomic mass is 10.1. The van der Waals surface area contributed by atoms with Crippen LogP contribution in [-0.4, -0.2) is 45.3 Å². The molecular formula is C21H26N2O4. The Morgan fingerprint density at radius 1 is 1.15 bits per heavy atom. The number of likely N-dealkylation sites (N-methyl/N-ethyl adjacent to an activating group) is 1. The Morgan fingerprint density at radius 3 is 2.59 bits per heavy atom. The molecule has 1 N–H and O–H groups in total. The van der Waals surface area contributed by atoms with E-state index in [2.05, 4.69) is 10.2 Å². The Labute approximate surface area is 160 Å². The molecule has 0 spiro atoms. The van der Waals surface area contributed by atoms with E-state index in [1.54, 1.807) is 7.11 Å². The largest absolute Gasteiger partial charge is 0.497 e. The third kappa shape index (κ3) is 4.92. The lowest BCUT2D eigenvalue weighted by Crippen LogP contribution is -2.34. The van der Waals surface area contributed by atoms with Gasteiger partial charge in [-0.3, -0.25) is 4.79 Å². The molecule has 2 aromatic rings. The fraction of sp³-hybridized carbons (Fsp3) is 0.381. The summed E-state index contributed by atoms with van der Waals surface area (Å²) >= 11 is 0. The van der Waals surface area contributed by atoms with Crippen LogP contribution in [-0.2, 0) is 11.2 Å². The van der Waals surface area contributed by atoms with Crippen molar-refractivity contribution in [3.8, 4) is 17.2 Å². The molecule has 0 saturated carbocycles. The minimum atomic E-state index is 0.0352. The van der Waals surface area contributed by atoms with Crippen LogP contribution in [0.25, 0.3) is 0 Å². The molecule has 144 valence electrons. The minimum absolute atomic E-state index is 0.0352. The van der Waals surface area contributed by atoms with E-state index in [0.29, 0.717) is 19.4 Å². The van der Waals surface area contributed by atoms with Crippen molar-refractivity contribution in [2.75, 3.05) is 34.5 Å². The number of ether oxygens (including phenoxy) is 3. The molecule has 0 radical (unpaired) electrons. The van der Waals surface area contributed by atoms with E-state index in [0.717, 1.165) is 28.4 Å². The minimum Gasteiger partial charge on any atom is -0.497 e. The second-order valence-electron chi connectivity index (χ2n) is 6.74. The molecule has 6 nitrogen and oxygen atoms in total. The van der Waals surface area contributed by atoms with Gasteiger partial charge in [0.15, 0.2) is 11.5 Å². The van der Waals surface area contributed by atoms with Gasteiger partial charge < -0.3 is 24.4 Å². The molecule has 27 heavy (non-hydrogen) atoms. The molecule has 3 rings (SSSR count). The monoisotopic (exact) mass is 370 g/mol. The molecule has 6 heteroatoms. The van der Waals surface area contributed by atoms with Crippen LogP contribution in [0.5, 0.6) is 17.2 Å². The van der Waals surface area contributed by atoms with E-state index in [4.69, 9.17) is 14.2 Å². The van der Waals surface area contributed by atoms with Crippen LogP contribution < -0.4 is 19.5 Å². The number of aryl methyl sites for hydroxylation is 1. The molecular weight excluding hydrogens is 344 g/mol. The highest BCUT2D eigenvalue weighted by Crippen LogP contribution is 2.32. The SMILES string of the molecule is COc1ccc([C@@H](CNC(=O)CCc2ccc3c(c2)OCO3)N(C)C)cc1. The predicted molar refractivity (Wildman–Crippen MR) is 103 cm³/mol. The van der Waals surface area contributed by atoms with Crippen LogP contribution in [0.15, 0.2) is 42.5 Å². The lowest BCUT2D eigenvalue weighted by Gasteiger charge is -2.25. The van der Waals surface area contributed by atoms with Crippen LogP contribution >= 0.6 is 0 Å². The van der Waals surface area contributed by atoms with Gasteiger partial charge in [0.2, 0.25) is 12.7 Å². The quantitative estimate of drug-likeness (QED) is 0.774. The van der Waals surface area contributed by atoms with Crippen LogP contribution in [0.3, 0.4) is 0 Å². The summed E-state index contributed by atoms with van der Waals surface area (Å²) in [5.41, 5.74) is 2.20. The van der Waals surface area contributed by atoms with Crippen molar-refractivity contribution in [1.29, 1.82) is 0 Å². The standard InChI is InChI=1S/C21H26N2O4/c1-23(2)18(16-6-8-17(25-3)9-7-16)13-22-21(24)11-5-15-4-10-19-20(12-15)27-14-26-19/h4,6-10,12,18H,5,11,13-14H2,1-3H3,(H,22,24)/t18-/m1/s1. The molecule has 0 bridgehead atoms. The van der Waals surface area contributed by atoms with Gasteiger partial charge in [0.25, 0.3) is 0 Å². The number of nitrogens with one attached hydrogen (secondary N) is 1. The van der Waals surface area contributed by atoms with Gasteiger partial charge in [0, 0.05) is 13.0 Å². The molecule has 1 aliphatic rings. The number of amides is 1. The summed E-state index contributed by atoms with van der Waals surface area (Å²) in [6, 6.07) is 13.8. The van der Waals surface area contributed by atoms with Crippen LogP contribution in [0.2, 0.25) is 0 Å². The predicted octanol–water partition coefficient (Wildman–Crippen LogP) is 2.78.